The molecule has 0 rings (SSSR count). The van der Waals surface area contributed by atoms with Gasteiger partial charge in [0.2, 0.25) is 0 Å². The molecule has 0 heterocycles. The molecule has 0 aromatic carbocycles. The second-order valence-electron chi connectivity index (χ2n) is 6.64. The van der Waals surface area contributed by atoms with Crippen LogP contribution in [0.3, 0.4) is 0 Å². The number of hydrogen-bond donors (Lipinski definition) is 1. The predicted molar refractivity (Wildman–Crippen MR) is 94.8 cm³/mol. The van der Waals surface area contributed by atoms with Crippen LogP contribution in [0.25, 0.3) is 0 Å². The molecule has 3 heteroatoms. The molecule has 0 aliphatic carbocycles. The van der Waals surface area contributed by atoms with E-state index in [4.69, 9.17) is 10.5 Å². The van der Waals surface area contributed by atoms with Crippen LogP contribution in [0.5, 0.6) is 0 Å². The lowest BCUT2D eigenvalue weighted by Gasteiger charge is -2.18. The third-order valence-electron chi connectivity index (χ3n) is 4.39. The molecular weight excluding hydrogens is 274 g/mol. The van der Waals surface area contributed by atoms with Crippen molar-refractivity contribution in [2.45, 2.75) is 91.4 Å². The van der Waals surface area contributed by atoms with Crippen LogP contribution in [0.2, 0.25) is 0 Å². The van der Waals surface area contributed by atoms with E-state index in [2.05, 4.69) is 13.8 Å². The van der Waals surface area contributed by atoms with Crippen LogP contribution in [0.4, 0.5) is 0 Å². The zero-order chi connectivity index (χ0) is 16.6. The van der Waals surface area contributed by atoms with Gasteiger partial charge in [-0.3, -0.25) is 4.79 Å². The SMILES string of the molecule is CCCCCCCCCCC[C@H](C)C[C@@H](CN)C(=O)OCC. The number of ether oxygens (including phenoxy) is 1. The van der Waals surface area contributed by atoms with E-state index < -0.39 is 0 Å². The summed E-state index contributed by atoms with van der Waals surface area (Å²) >= 11 is 0. The number of carbonyl (C=O) groups excluding carboxylic acids is 1. The Morgan fingerprint density at radius 1 is 0.955 bits per heavy atom. The smallest absolute Gasteiger partial charge is 0.310 e. The average Bonchev–Trinajstić information content (AvgIpc) is 2.51. The van der Waals surface area contributed by atoms with Crippen molar-refractivity contribution in [3.63, 3.8) is 0 Å². The highest BCUT2D eigenvalue weighted by atomic mass is 16.5. The Hall–Kier alpha value is -0.570. The zero-order valence-corrected chi connectivity index (χ0v) is 15.2. The number of esters is 1. The van der Waals surface area contributed by atoms with Crippen molar-refractivity contribution in [3.05, 3.63) is 0 Å². The van der Waals surface area contributed by atoms with Crippen molar-refractivity contribution in [2.75, 3.05) is 13.2 Å². The standard InChI is InChI=1S/C19H39NO2/c1-4-6-7-8-9-10-11-12-13-14-17(3)15-18(16-20)19(21)22-5-2/h17-18H,4-16,20H2,1-3H3/t17-,18-/m0/s1. The summed E-state index contributed by atoms with van der Waals surface area (Å²) in [5, 5.41) is 0. The highest BCUT2D eigenvalue weighted by Crippen LogP contribution is 2.20. The maximum Gasteiger partial charge on any atom is 0.310 e. The molecular formula is C19H39NO2. The van der Waals surface area contributed by atoms with E-state index in [-0.39, 0.29) is 11.9 Å². The molecule has 0 bridgehead atoms. The van der Waals surface area contributed by atoms with E-state index in [0.717, 1.165) is 6.42 Å². The molecule has 0 fully saturated rings. The Labute approximate surface area is 138 Å². The number of unbranched alkanes of at least 4 members (excludes halogenated alkanes) is 8. The fourth-order valence-corrected chi connectivity index (χ4v) is 2.96. The average molecular weight is 314 g/mol. The lowest BCUT2D eigenvalue weighted by molar-refractivity contribution is -0.148. The van der Waals surface area contributed by atoms with Crippen molar-refractivity contribution in [1.29, 1.82) is 0 Å². The van der Waals surface area contributed by atoms with Gasteiger partial charge < -0.3 is 10.5 Å². The van der Waals surface area contributed by atoms with Gasteiger partial charge in [0.05, 0.1) is 12.5 Å². The summed E-state index contributed by atoms with van der Waals surface area (Å²) in [6.07, 6.45) is 14.3. The molecule has 0 aromatic rings. The first-order valence-corrected chi connectivity index (χ1v) is 9.52. The van der Waals surface area contributed by atoms with E-state index in [1.165, 1.54) is 64.2 Å². The van der Waals surface area contributed by atoms with Gasteiger partial charge in [0.1, 0.15) is 0 Å². The van der Waals surface area contributed by atoms with Gasteiger partial charge in [0.25, 0.3) is 0 Å². The summed E-state index contributed by atoms with van der Waals surface area (Å²) in [6, 6.07) is 0. The van der Waals surface area contributed by atoms with E-state index in [0.29, 0.717) is 19.1 Å². The molecule has 22 heavy (non-hydrogen) atoms. The summed E-state index contributed by atoms with van der Waals surface area (Å²) in [5.41, 5.74) is 5.70. The van der Waals surface area contributed by atoms with Gasteiger partial charge in [-0.25, -0.2) is 0 Å². The Morgan fingerprint density at radius 2 is 1.50 bits per heavy atom. The second kappa shape index (κ2) is 15.3. The molecule has 0 radical (unpaired) electrons. The molecule has 0 spiro atoms. The van der Waals surface area contributed by atoms with Gasteiger partial charge in [0.15, 0.2) is 0 Å². The number of hydrogen-bond acceptors (Lipinski definition) is 3. The van der Waals surface area contributed by atoms with Crippen LogP contribution in [-0.4, -0.2) is 19.1 Å². The first kappa shape index (κ1) is 21.4. The lowest BCUT2D eigenvalue weighted by atomic mass is 9.91. The van der Waals surface area contributed by atoms with Crippen molar-refractivity contribution < 1.29 is 9.53 Å². The minimum Gasteiger partial charge on any atom is -0.466 e. The fourth-order valence-electron chi connectivity index (χ4n) is 2.96. The Bertz CT molecular complexity index is 256. The van der Waals surface area contributed by atoms with E-state index in [1.54, 1.807) is 0 Å². The molecule has 0 saturated carbocycles. The minimum atomic E-state index is -0.121. The zero-order valence-electron chi connectivity index (χ0n) is 15.2. The molecule has 2 atom stereocenters. The monoisotopic (exact) mass is 313 g/mol. The second-order valence-corrected chi connectivity index (χ2v) is 6.64. The highest BCUT2D eigenvalue weighted by molar-refractivity contribution is 5.72. The Kier molecular flexibility index (Phi) is 14.9. The minimum absolute atomic E-state index is 0.117. The van der Waals surface area contributed by atoms with Crippen LogP contribution >= 0.6 is 0 Å². The first-order valence-electron chi connectivity index (χ1n) is 9.52. The van der Waals surface area contributed by atoms with Crippen LogP contribution < -0.4 is 5.73 Å². The molecule has 132 valence electrons. The van der Waals surface area contributed by atoms with Gasteiger partial charge in [-0.2, -0.15) is 0 Å². The van der Waals surface area contributed by atoms with Crippen LogP contribution in [0.1, 0.15) is 91.4 Å². The summed E-state index contributed by atoms with van der Waals surface area (Å²) in [5.74, 6) is 0.319. The highest BCUT2D eigenvalue weighted by Gasteiger charge is 2.20. The van der Waals surface area contributed by atoms with Crippen molar-refractivity contribution >= 4 is 5.97 Å². The topological polar surface area (TPSA) is 52.3 Å². The molecule has 0 amide bonds. The molecule has 0 unspecified atom stereocenters. The van der Waals surface area contributed by atoms with E-state index in [9.17, 15) is 4.79 Å². The normalized spacial score (nSPS) is 13.8. The predicted octanol–water partition coefficient (Wildman–Crippen LogP) is 5.07. The molecule has 0 aliphatic rings. The maximum atomic E-state index is 11.7. The van der Waals surface area contributed by atoms with Crippen molar-refractivity contribution in [2.24, 2.45) is 17.6 Å². The number of rotatable bonds is 15. The van der Waals surface area contributed by atoms with Gasteiger partial charge in [-0.1, -0.05) is 78.1 Å². The molecule has 2 N–H and O–H groups in total. The molecule has 0 aliphatic heterocycles. The van der Waals surface area contributed by atoms with Crippen molar-refractivity contribution in [1.82, 2.24) is 0 Å². The Balaban J connectivity index is 3.55. The third-order valence-corrected chi connectivity index (χ3v) is 4.39. The number of carbonyl (C=O) groups is 1. The lowest BCUT2D eigenvalue weighted by Crippen LogP contribution is -2.27. The summed E-state index contributed by atoms with van der Waals surface area (Å²) < 4.78 is 5.07. The molecule has 0 saturated heterocycles. The van der Waals surface area contributed by atoms with Crippen LogP contribution in [0, 0.1) is 11.8 Å². The Morgan fingerprint density at radius 3 is 2.00 bits per heavy atom. The molecule has 3 nitrogen and oxygen atoms in total. The summed E-state index contributed by atoms with van der Waals surface area (Å²) in [7, 11) is 0. The van der Waals surface area contributed by atoms with Crippen LogP contribution in [-0.2, 0) is 9.53 Å². The van der Waals surface area contributed by atoms with Gasteiger partial charge in [-0.15, -0.1) is 0 Å². The fraction of sp³-hybridized carbons (Fsp3) is 0.947. The first-order chi connectivity index (χ1) is 10.7. The van der Waals surface area contributed by atoms with E-state index >= 15 is 0 Å². The maximum absolute atomic E-state index is 11.7. The van der Waals surface area contributed by atoms with Gasteiger partial charge in [0, 0.05) is 6.54 Å². The summed E-state index contributed by atoms with van der Waals surface area (Å²) in [6.45, 7) is 7.19. The summed E-state index contributed by atoms with van der Waals surface area (Å²) in [4.78, 5) is 11.7. The largest absolute Gasteiger partial charge is 0.466 e. The van der Waals surface area contributed by atoms with E-state index in [1.807, 2.05) is 6.92 Å². The quantitative estimate of drug-likeness (QED) is 0.339. The molecule has 0 aromatic heterocycles. The third kappa shape index (κ3) is 12.0. The number of nitrogens with two attached hydrogens (primary N) is 1. The van der Waals surface area contributed by atoms with Crippen molar-refractivity contribution in [3.8, 4) is 0 Å². The van der Waals surface area contributed by atoms with Crippen LogP contribution in [0.15, 0.2) is 0 Å². The van der Waals surface area contributed by atoms with Gasteiger partial charge in [-0.05, 0) is 19.3 Å². The van der Waals surface area contributed by atoms with Gasteiger partial charge >= 0.3 is 5.97 Å².